The molecule has 0 heterocycles. The smallest absolute Gasteiger partial charge is 0.303 e. The maximum atomic E-state index is 10.5. The molecule has 0 aromatic carbocycles. The molecule has 0 aliphatic heterocycles. The molecular weight excluding hydrogens is 290 g/mol. The van der Waals surface area contributed by atoms with E-state index in [4.69, 9.17) is 5.11 Å². The van der Waals surface area contributed by atoms with E-state index in [1.807, 2.05) is 0 Å². The lowest BCUT2D eigenvalue weighted by molar-refractivity contribution is -0.137. The zero-order valence-electron chi connectivity index (χ0n) is 14.9. The number of carboxylic acid groups (broad SMARTS) is 1. The van der Waals surface area contributed by atoms with Crippen molar-refractivity contribution < 1.29 is 15.0 Å². The van der Waals surface area contributed by atoms with Crippen LogP contribution in [-0.4, -0.2) is 35.4 Å². The van der Waals surface area contributed by atoms with Crippen LogP contribution in [0.5, 0.6) is 0 Å². The first-order valence-electron chi connectivity index (χ1n) is 9.75. The van der Waals surface area contributed by atoms with Gasteiger partial charge in [0.15, 0.2) is 0 Å². The second-order valence-corrected chi connectivity index (χ2v) is 7.18. The third-order valence-corrected chi connectivity index (χ3v) is 5.22. The second-order valence-electron chi connectivity index (χ2n) is 7.18. The predicted octanol–water partition coefficient (Wildman–Crippen LogP) is 3.97. The molecule has 1 fully saturated rings. The Bertz CT molecular complexity index is 309. The van der Waals surface area contributed by atoms with Crippen molar-refractivity contribution in [3.05, 3.63) is 0 Å². The van der Waals surface area contributed by atoms with Crippen molar-refractivity contribution in [3.63, 3.8) is 0 Å². The molecule has 3 atom stereocenters. The van der Waals surface area contributed by atoms with Crippen LogP contribution in [0.3, 0.4) is 0 Å². The van der Waals surface area contributed by atoms with E-state index in [2.05, 4.69) is 12.2 Å². The molecule has 0 aromatic heterocycles. The number of nitrogens with one attached hydrogen (secondary N) is 1. The molecule has 0 unspecified atom stereocenters. The lowest BCUT2D eigenvalue weighted by atomic mass is 9.89. The van der Waals surface area contributed by atoms with Gasteiger partial charge in [0.2, 0.25) is 0 Å². The molecule has 1 rings (SSSR count). The number of aliphatic hydroxyl groups is 1. The van der Waals surface area contributed by atoms with Crippen LogP contribution in [0, 0.1) is 11.8 Å². The van der Waals surface area contributed by atoms with Gasteiger partial charge in [-0.25, -0.2) is 0 Å². The highest BCUT2D eigenvalue weighted by molar-refractivity contribution is 5.66. The number of aliphatic hydroxyl groups excluding tert-OH is 1. The molecule has 0 amide bonds. The average Bonchev–Trinajstić information content (AvgIpc) is 2.86. The fourth-order valence-corrected chi connectivity index (χ4v) is 3.78. The van der Waals surface area contributed by atoms with Crippen LogP contribution in [-0.2, 0) is 4.79 Å². The summed E-state index contributed by atoms with van der Waals surface area (Å²) in [5.41, 5.74) is 0. The third kappa shape index (κ3) is 9.31. The minimum Gasteiger partial charge on any atom is -0.481 e. The van der Waals surface area contributed by atoms with Crippen LogP contribution in [0.25, 0.3) is 0 Å². The summed E-state index contributed by atoms with van der Waals surface area (Å²) < 4.78 is 0. The van der Waals surface area contributed by atoms with Gasteiger partial charge in [0.1, 0.15) is 0 Å². The molecule has 1 aliphatic carbocycles. The van der Waals surface area contributed by atoms with Gasteiger partial charge >= 0.3 is 5.97 Å². The molecule has 4 nitrogen and oxygen atoms in total. The fraction of sp³-hybridized carbons (Fsp3) is 0.947. The van der Waals surface area contributed by atoms with Crippen molar-refractivity contribution >= 4 is 5.97 Å². The summed E-state index contributed by atoms with van der Waals surface area (Å²) in [5, 5.41) is 22.4. The summed E-state index contributed by atoms with van der Waals surface area (Å²) in [4.78, 5) is 10.5. The van der Waals surface area contributed by atoms with Gasteiger partial charge in [-0.15, -0.1) is 0 Å². The van der Waals surface area contributed by atoms with E-state index >= 15 is 0 Å². The van der Waals surface area contributed by atoms with Crippen molar-refractivity contribution in [2.75, 3.05) is 13.1 Å². The van der Waals surface area contributed by atoms with Crippen LogP contribution in [0.15, 0.2) is 0 Å². The van der Waals surface area contributed by atoms with E-state index in [1.54, 1.807) is 0 Å². The lowest BCUT2D eigenvalue weighted by Crippen LogP contribution is -2.29. The molecule has 4 heteroatoms. The summed E-state index contributed by atoms with van der Waals surface area (Å²) in [6, 6.07) is 0. The minimum absolute atomic E-state index is 0.124. The highest BCUT2D eigenvalue weighted by atomic mass is 16.4. The Kier molecular flexibility index (Phi) is 11.3. The van der Waals surface area contributed by atoms with E-state index in [0.717, 1.165) is 58.0 Å². The molecule has 0 spiro atoms. The van der Waals surface area contributed by atoms with Gasteiger partial charge in [-0.2, -0.15) is 0 Å². The molecular formula is C19H37NO3. The second kappa shape index (κ2) is 12.8. The van der Waals surface area contributed by atoms with Gasteiger partial charge < -0.3 is 15.5 Å². The topological polar surface area (TPSA) is 69.6 Å². The van der Waals surface area contributed by atoms with Crippen molar-refractivity contribution in [2.24, 2.45) is 11.8 Å². The predicted molar refractivity (Wildman–Crippen MR) is 94.6 cm³/mol. The quantitative estimate of drug-likeness (QED) is 0.422. The summed E-state index contributed by atoms with van der Waals surface area (Å²) >= 11 is 0. The first-order valence-corrected chi connectivity index (χ1v) is 9.75. The number of rotatable bonds is 14. The Balaban J connectivity index is 2.09. The summed E-state index contributed by atoms with van der Waals surface area (Å²) in [6.45, 7) is 4.39. The zero-order valence-corrected chi connectivity index (χ0v) is 14.9. The summed E-state index contributed by atoms with van der Waals surface area (Å²) in [5.74, 6) is 0.370. The fourth-order valence-electron chi connectivity index (χ4n) is 3.78. The molecule has 0 aromatic rings. The van der Waals surface area contributed by atoms with E-state index in [1.165, 1.54) is 25.7 Å². The molecule has 1 saturated carbocycles. The van der Waals surface area contributed by atoms with Gasteiger partial charge in [0.05, 0.1) is 6.10 Å². The van der Waals surface area contributed by atoms with Crippen LogP contribution < -0.4 is 5.32 Å². The molecule has 23 heavy (non-hydrogen) atoms. The van der Waals surface area contributed by atoms with Gasteiger partial charge in [0, 0.05) is 6.42 Å². The number of carboxylic acids is 1. The van der Waals surface area contributed by atoms with Gasteiger partial charge in [-0.3, -0.25) is 4.79 Å². The molecule has 3 N–H and O–H groups in total. The van der Waals surface area contributed by atoms with E-state index in [-0.39, 0.29) is 12.5 Å². The maximum Gasteiger partial charge on any atom is 0.303 e. The van der Waals surface area contributed by atoms with Crippen LogP contribution in [0.4, 0.5) is 0 Å². The first-order chi connectivity index (χ1) is 11.1. The first kappa shape index (κ1) is 20.4. The van der Waals surface area contributed by atoms with Gasteiger partial charge in [-0.05, 0) is 57.0 Å². The number of unbranched alkanes of at least 4 members (excludes halogenated alkanes) is 6. The SMILES string of the molecule is CCCCCCNC[C@@H]1CC[C@H](O)[C@@H]1CCCCCCC(=O)O. The Labute approximate surface area is 142 Å². The Morgan fingerprint density at radius 1 is 1.04 bits per heavy atom. The number of carbonyl (C=O) groups is 1. The average molecular weight is 328 g/mol. The Morgan fingerprint density at radius 2 is 1.78 bits per heavy atom. The highest BCUT2D eigenvalue weighted by Crippen LogP contribution is 2.35. The lowest BCUT2D eigenvalue weighted by Gasteiger charge is -2.22. The summed E-state index contributed by atoms with van der Waals surface area (Å²) in [6.07, 6.45) is 12.5. The maximum absolute atomic E-state index is 10.5. The molecule has 0 radical (unpaired) electrons. The molecule has 0 saturated heterocycles. The van der Waals surface area contributed by atoms with Crippen LogP contribution in [0.1, 0.15) is 84.0 Å². The highest BCUT2D eigenvalue weighted by Gasteiger charge is 2.33. The van der Waals surface area contributed by atoms with Crippen LogP contribution in [0.2, 0.25) is 0 Å². The molecule has 136 valence electrons. The van der Waals surface area contributed by atoms with Gasteiger partial charge in [0.25, 0.3) is 0 Å². The van der Waals surface area contributed by atoms with Crippen molar-refractivity contribution in [2.45, 2.75) is 90.1 Å². The zero-order chi connectivity index (χ0) is 16.9. The largest absolute Gasteiger partial charge is 0.481 e. The van der Waals surface area contributed by atoms with E-state index in [0.29, 0.717) is 11.8 Å². The van der Waals surface area contributed by atoms with Crippen LogP contribution >= 0.6 is 0 Å². The number of aliphatic carboxylic acids is 1. The van der Waals surface area contributed by atoms with Crippen molar-refractivity contribution in [3.8, 4) is 0 Å². The van der Waals surface area contributed by atoms with Crippen molar-refractivity contribution in [1.29, 1.82) is 0 Å². The normalized spacial score (nSPS) is 24.2. The Hall–Kier alpha value is -0.610. The van der Waals surface area contributed by atoms with E-state index in [9.17, 15) is 9.90 Å². The van der Waals surface area contributed by atoms with Crippen molar-refractivity contribution in [1.82, 2.24) is 5.32 Å². The standard InChI is InChI=1S/C19H37NO3/c1-2-3-4-9-14-20-15-16-12-13-18(21)17(16)10-7-5-6-8-11-19(22)23/h16-18,20-21H,2-15H2,1H3,(H,22,23)/t16-,17+,18-/m0/s1. The van der Waals surface area contributed by atoms with Gasteiger partial charge in [-0.1, -0.05) is 45.4 Å². The third-order valence-electron chi connectivity index (χ3n) is 5.22. The number of hydrogen-bond donors (Lipinski definition) is 3. The number of hydrogen-bond acceptors (Lipinski definition) is 3. The Morgan fingerprint density at radius 3 is 2.52 bits per heavy atom. The minimum atomic E-state index is -0.693. The van der Waals surface area contributed by atoms with E-state index < -0.39 is 5.97 Å². The summed E-state index contributed by atoms with van der Waals surface area (Å²) in [7, 11) is 0. The molecule has 1 aliphatic rings. The molecule has 0 bridgehead atoms. The monoisotopic (exact) mass is 327 g/mol.